The summed E-state index contributed by atoms with van der Waals surface area (Å²) in [5.74, 6) is -10.8. The molecule has 0 bridgehead atoms. The van der Waals surface area contributed by atoms with Gasteiger partial charge in [0, 0.05) is 10.8 Å². The van der Waals surface area contributed by atoms with Crippen molar-refractivity contribution in [3.8, 4) is 18.2 Å². The van der Waals surface area contributed by atoms with E-state index in [0.717, 1.165) is 0 Å². The number of halogens is 6. The van der Waals surface area contributed by atoms with Crippen LogP contribution in [0.4, 0.5) is 26.3 Å². The number of fused-ring (bicyclic) bond motifs is 4. The summed E-state index contributed by atoms with van der Waals surface area (Å²) in [6.07, 6.45) is 0. The Morgan fingerprint density at radius 1 is 0.605 bits per heavy atom. The van der Waals surface area contributed by atoms with E-state index in [2.05, 4.69) is 14.8 Å². The minimum Gasteiger partial charge on any atom is -0.445 e. The average molecular weight is 518 g/mol. The predicted octanol–water partition coefficient (Wildman–Crippen LogP) is 4.45. The van der Waals surface area contributed by atoms with Crippen LogP contribution in [-0.2, 0) is 0 Å². The van der Waals surface area contributed by atoms with E-state index >= 15 is 26.3 Å². The topological polar surface area (TPSA) is 128 Å². The van der Waals surface area contributed by atoms with Gasteiger partial charge in [-0.25, -0.2) is 46.4 Å². The Bertz CT molecular complexity index is 2210. The number of hydrogen-bond donors (Lipinski definition) is 0. The number of benzene rings is 4. The van der Waals surface area contributed by atoms with E-state index in [1.54, 1.807) is 0 Å². The summed E-state index contributed by atoms with van der Waals surface area (Å²) in [4.78, 5) is 9.96. The average Bonchev–Trinajstić information content (AvgIpc) is 3.53. The zero-order valence-corrected chi connectivity index (χ0v) is 17.8. The van der Waals surface area contributed by atoms with Crippen LogP contribution in [0, 0.1) is 75.5 Å². The fourth-order valence-electron chi connectivity index (χ4n) is 4.43. The molecule has 14 heteroatoms. The minimum absolute atomic E-state index is 0.791. The standard InChI is InChI=1S/C24F6N6O2/c1-34-6(4-33)24-36-20-18(30)10-8-7-9(13(25)14(10)26)17(29)19-21(37-23(35-19)5(2-31)3-32)11(7)15(27)16(28)12(8)22(20)38-24/b24-6+. The van der Waals surface area contributed by atoms with Gasteiger partial charge in [0.25, 0.3) is 0 Å². The third-order valence-corrected chi connectivity index (χ3v) is 5.93. The molecule has 6 aromatic rings. The molecule has 0 fully saturated rings. The van der Waals surface area contributed by atoms with Gasteiger partial charge >= 0.3 is 5.70 Å². The van der Waals surface area contributed by atoms with Crippen LogP contribution in [0.1, 0.15) is 0 Å². The van der Waals surface area contributed by atoms with E-state index in [4.69, 9.17) is 31.2 Å². The molecule has 0 aliphatic carbocycles. The van der Waals surface area contributed by atoms with E-state index in [1.807, 2.05) is 0 Å². The molecule has 4 aromatic carbocycles. The van der Waals surface area contributed by atoms with Gasteiger partial charge in [-0.15, -0.1) is 0 Å². The van der Waals surface area contributed by atoms with E-state index in [9.17, 15) is 0 Å². The summed E-state index contributed by atoms with van der Waals surface area (Å²) in [5.41, 5.74) is -6.86. The lowest BCUT2D eigenvalue weighted by Crippen LogP contribution is -2.04. The van der Waals surface area contributed by atoms with Crippen molar-refractivity contribution in [2.75, 3.05) is 0 Å². The molecule has 0 N–H and O–H groups in total. The molecule has 8 nitrogen and oxygen atoms in total. The monoisotopic (exact) mass is 518 g/mol. The van der Waals surface area contributed by atoms with Gasteiger partial charge in [0.2, 0.25) is 11.1 Å². The molecule has 38 heavy (non-hydrogen) atoms. The SMILES string of the molecule is [C-]#[N+]/C(C#N)=c1\nc2c(F)c3c(F)c(F)c4c(F)c5nc(=C(C#N)C#N)oc5c5c(F)c(F)c(c2o1)c3c45. The Labute approximate surface area is 202 Å². The minimum atomic E-state index is -1.99. The largest absolute Gasteiger partial charge is 0.445 e. The van der Waals surface area contributed by atoms with Crippen LogP contribution in [0.3, 0.4) is 0 Å². The summed E-state index contributed by atoms with van der Waals surface area (Å²) in [7, 11) is 0. The summed E-state index contributed by atoms with van der Waals surface area (Å²) in [6.45, 7) is 7.00. The zero-order valence-electron chi connectivity index (χ0n) is 17.8. The molecule has 0 unspecified atom stereocenters. The number of nitriles is 3. The second-order valence-corrected chi connectivity index (χ2v) is 7.70. The Morgan fingerprint density at radius 2 is 1.03 bits per heavy atom. The molecular formula is C24F6N6O2. The molecule has 2 heterocycles. The lowest BCUT2D eigenvalue weighted by atomic mass is 9.91. The molecule has 0 saturated heterocycles. The molecule has 0 aliphatic heterocycles. The maximum absolute atomic E-state index is 15.6. The predicted molar refractivity (Wildman–Crippen MR) is 115 cm³/mol. The van der Waals surface area contributed by atoms with Gasteiger partial charge in [-0.2, -0.15) is 10.5 Å². The van der Waals surface area contributed by atoms with Crippen molar-refractivity contribution in [2.45, 2.75) is 0 Å². The molecule has 2 aromatic heterocycles. The van der Waals surface area contributed by atoms with Crippen molar-refractivity contribution in [3.05, 3.63) is 57.4 Å². The van der Waals surface area contributed by atoms with Gasteiger partial charge in [0.05, 0.1) is 34.2 Å². The molecule has 0 spiro atoms. The fourth-order valence-corrected chi connectivity index (χ4v) is 4.43. The first-order chi connectivity index (χ1) is 18.2. The first-order valence-electron chi connectivity index (χ1n) is 9.96. The molecule has 0 aliphatic rings. The number of nitrogens with zero attached hydrogens (tertiary/aromatic N) is 6. The Kier molecular flexibility index (Phi) is 4.36. The first-order valence-corrected chi connectivity index (χ1v) is 9.96. The Hall–Kier alpha value is -5.86. The fraction of sp³-hybridized carbons (Fsp3) is 0. The summed E-state index contributed by atoms with van der Waals surface area (Å²) < 4.78 is 103. The van der Waals surface area contributed by atoms with Crippen LogP contribution in [0.25, 0.3) is 70.6 Å². The maximum atomic E-state index is 15.6. The summed E-state index contributed by atoms with van der Waals surface area (Å²) in [5, 5.41) is 21.0. The molecular weight excluding hydrogens is 518 g/mol. The molecule has 180 valence electrons. The first kappa shape index (κ1) is 22.6. The van der Waals surface area contributed by atoms with Gasteiger partial charge in [0.1, 0.15) is 23.2 Å². The van der Waals surface area contributed by atoms with Gasteiger partial charge in [-0.3, -0.25) is 0 Å². The molecule has 0 radical (unpaired) electrons. The quantitative estimate of drug-likeness (QED) is 0.165. The smallest absolute Gasteiger partial charge is 0.322 e. The highest BCUT2D eigenvalue weighted by molar-refractivity contribution is 6.32. The van der Waals surface area contributed by atoms with Crippen molar-refractivity contribution >= 4 is 65.8 Å². The van der Waals surface area contributed by atoms with Gasteiger partial charge < -0.3 is 8.83 Å². The van der Waals surface area contributed by atoms with Crippen molar-refractivity contribution in [2.24, 2.45) is 0 Å². The van der Waals surface area contributed by atoms with Crippen molar-refractivity contribution < 1.29 is 35.2 Å². The van der Waals surface area contributed by atoms with Crippen molar-refractivity contribution in [1.29, 1.82) is 15.8 Å². The molecule has 6 rings (SSSR count). The van der Waals surface area contributed by atoms with Gasteiger partial charge in [0.15, 0.2) is 51.6 Å². The Balaban J connectivity index is 2.06. The van der Waals surface area contributed by atoms with Gasteiger partial charge in [-0.1, -0.05) is 0 Å². The van der Waals surface area contributed by atoms with Crippen LogP contribution < -0.4 is 11.1 Å². The molecule has 0 saturated carbocycles. The van der Waals surface area contributed by atoms with Crippen molar-refractivity contribution in [1.82, 2.24) is 9.97 Å². The normalized spacial score (nSPS) is 12.3. The van der Waals surface area contributed by atoms with E-state index < -0.39 is 112 Å². The number of aromatic nitrogens is 2. The third kappa shape index (κ3) is 2.45. The van der Waals surface area contributed by atoms with E-state index in [1.165, 1.54) is 18.2 Å². The summed E-state index contributed by atoms with van der Waals surface area (Å²) >= 11 is 0. The van der Waals surface area contributed by atoms with Crippen molar-refractivity contribution in [3.63, 3.8) is 0 Å². The van der Waals surface area contributed by atoms with Crippen LogP contribution in [0.2, 0.25) is 0 Å². The van der Waals surface area contributed by atoms with Gasteiger partial charge in [-0.05, 0) is 0 Å². The maximum Gasteiger partial charge on any atom is 0.322 e. The highest BCUT2D eigenvalue weighted by Gasteiger charge is 2.34. The van der Waals surface area contributed by atoms with E-state index in [0.29, 0.717) is 0 Å². The molecule has 0 amide bonds. The zero-order chi connectivity index (χ0) is 27.2. The highest BCUT2D eigenvalue weighted by Crippen LogP contribution is 2.47. The Morgan fingerprint density at radius 3 is 1.45 bits per heavy atom. The number of rotatable bonds is 0. The third-order valence-electron chi connectivity index (χ3n) is 5.93. The second kappa shape index (κ2) is 7.33. The van der Waals surface area contributed by atoms with Crippen LogP contribution in [-0.4, -0.2) is 9.97 Å². The second-order valence-electron chi connectivity index (χ2n) is 7.70. The van der Waals surface area contributed by atoms with E-state index in [-0.39, 0.29) is 0 Å². The number of oxazole rings is 2. The van der Waals surface area contributed by atoms with Crippen LogP contribution in [0.15, 0.2) is 8.83 Å². The number of hydrogen-bond acceptors (Lipinski definition) is 7. The molecule has 0 atom stereocenters. The summed E-state index contributed by atoms with van der Waals surface area (Å²) in [6, 6.07) is 4.22. The van der Waals surface area contributed by atoms with Crippen LogP contribution in [0.5, 0.6) is 0 Å². The lowest BCUT2D eigenvalue weighted by Gasteiger charge is -2.15. The highest BCUT2D eigenvalue weighted by atomic mass is 19.2. The lowest BCUT2D eigenvalue weighted by molar-refractivity contribution is 0.512. The van der Waals surface area contributed by atoms with Crippen LogP contribution >= 0.6 is 0 Å².